The summed E-state index contributed by atoms with van der Waals surface area (Å²) in [7, 11) is 0. The summed E-state index contributed by atoms with van der Waals surface area (Å²) in [6.45, 7) is 2.97. The number of hydrogen-bond acceptors (Lipinski definition) is 5. The van der Waals surface area contributed by atoms with E-state index in [0.29, 0.717) is 22.9 Å². The first-order chi connectivity index (χ1) is 11.1. The third kappa shape index (κ3) is 4.14. The Bertz CT molecular complexity index is 674. The highest BCUT2D eigenvalue weighted by Gasteiger charge is 2.23. The van der Waals surface area contributed by atoms with E-state index >= 15 is 0 Å². The number of piperidine rings is 1. The van der Waals surface area contributed by atoms with E-state index in [-0.39, 0.29) is 5.91 Å². The number of amides is 1. The molecule has 1 fully saturated rings. The van der Waals surface area contributed by atoms with Crippen LogP contribution in [0.4, 0.5) is 0 Å². The number of likely N-dealkylation sites (tertiary alicyclic amines) is 1. The molecule has 1 atom stereocenters. The van der Waals surface area contributed by atoms with Gasteiger partial charge in [-0.1, -0.05) is 27.7 Å². The molecular formula is C16H18BrN3O2S. The Morgan fingerprint density at radius 1 is 1.35 bits per heavy atom. The van der Waals surface area contributed by atoms with Gasteiger partial charge in [-0.25, -0.2) is 0 Å². The lowest BCUT2D eigenvalue weighted by Gasteiger charge is -2.33. The topological polar surface area (TPSA) is 59.2 Å². The van der Waals surface area contributed by atoms with Crippen molar-refractivity contribution in [2.24, 2.45) is 0 Å². The molecule has 7 heteroatoms. The molecule has 1 aromatic heterocycles. The number of rotatable bonds is 4. The molecular weight excluding hydrogens is 378 g/mol. The Kier molecular flexibility index (Phi) is 5.38. The Morgan fingerprint density at radius 3 is 2.87 bits per heavy atom. The fraction of sp³-hybridized carbons (Fsp3) is 0.438. The quantitative estimate of drug-likeness (QED) is 0.732. The van der Waals surface area contributed by atoms with Gasteiger partial charge in [0.2, 0.25) is 11.8 Å². The minimum Gasteiger partial charge on any atom is -0.411 e. The zero-order valence-electron chi connectivity index (χ0n) is 12.9. The van der Waals surface area contributed by atoms with Crippen molar-refractivity contribution in [3.63, 3.8) is 0 Å². The van der Waals surface area contributed by atoms with Crippen LogP contribution in [0.1, 0.15) is 26.2 Å². The normalized spacial score (nSPS) is 18.2. The smallest absolute Gasteiger partial charge is 0.277 e. The summed E-state index contributed by atoms with van der Waals surface area (Å²) in [5, 5.41) is 8.49. The number of benzene rings is 1. The van der Waals surface area contributed by atoms with Crippen molar-refractivity contribution >= 4 is 33.6 Å². The van der Waals surface area contributed by atoms with Gasteiger partial charge in [0.15, 0.2) is 0 Å². The maximum Gasteiger partial charge on any atom is 0.277 e. The standard InChI is InChI=1S/C16H18BrN3O2S/c1-11-4-2-3-9-20(11)14(21)10-23-16-19-18-15(22-16)12-5-7-13(17)8-6-12/h5-8,11H,2-4,9-10H2,1H3. The van der Waals surface area contributed by atoms with Gasteiger partial charge in [-0.05, 0) is 50.5 Å². The fourth-order valence-electron chi connectivity index (χ4n) is 2.65. The molecule has 1 saturated heterocycles. The number of carbonyl (C=O) groups excluding carboxylic acids is 1. The minimum atomic E-state index is 0.144. The van der Waals surface area contributed by atoms with Gasteiger partial charge in [0.1, 0.15) is 0 Å². The van der Waals surface area contributed by atoms with Crippen LogP contribution in [0.2, 0.25) is 0 Å². The summed E-state index contributed by atoms with van der Waals surface area (Å²) in [5.41, 5.74) is 0.864. The molecule has 5 nitrogen and oxygen atoms in total. The SMILES string of the molecule is CC1CCCCN1C(=O)CSc1nnc(-c2ccc(Br)cc2)o1. The average molecular weight is 396 g/mol. The third-order valence-electron chi connectivity index (χ3n) is 3.94. The number of carbonyl (C=O) groups is 1. The van der Waals surface area contributed by atoms with Crippen molar-refractivity contribution in [2.45, 2.75) is 37.5 Å². The lowest BCUT2D eigenvalue weighted by atomic mass is 10.0. The first kappa shape index (κ1) is 16.5. The second-order valence-corrected chi connectivity index (χ2v) is 7.44. The number of hydrogen-bond donors (Lipinski definition) is 0. The van der Waals surface area contributed by atoms with Gasteiger partial charge in [0, 0.05) is 22.6 Å². The molecule has 2 heterocycles. The first-order valence-electron chi connectivity index (χ1n) is 7.65. The van der Waals surface area contributed by atoms with Gasteiger partial charge in [-0.2, -0.15) is 0 Å². The van der Waals surface area contributed by atoms with E-state index in [9.17, 15) is 4.79 Å². The molecule has 1 amide bonds. The maximum atomic E-state index is 12.3. The Balaban J connectivity index is 1.58. The Hall–Kier alpha value is -1.34. The lowest BCUT2D eigenvalue weighted by Crippen LogP contribution is -2.42. The number of aromatic nitrogens is 2. The molecule has 1 unspecified atom stereocenters. The van der Waals surface area contributed by atoms with E-state index in [2.05, 4.69) is 33.1 Å². The van der Waals surface area contributed by atoms with Gasteiger partial charge in [-0.15, -0.1) is 10.2 Å². The number of halogens is 1. The highest BCUT2D eigenvalue weighted by molar-refractivity contribution is 9.10. The van der Waals surface area contributed by atoms with E-state index in [0.717, 1.165) is 29.4 Å². The Labute approximate surface area is 148 Å². The molecule has 0 aliphatic carbocycles. The van der Waals surface area contributed by atoms with Crippen LogP contribution in [0.3, 0.4) is 0 Å². The van der Waals surface area contributed by atoms with Crippen LogP contribution in [-0.4, -0.2) is 39.3 Å². The summed E-state index contributed by atoms with van der Waals surface area (Å²) in [6, 6.07) is 8.00. The summed E-state index contributed by atoms with van der Waals surface area (Å²) in [4.78, 5) is 14.3. The number of nitrogens with zero attached hydrogens (tertiary/aromatic N) is 3. The molecule has 0 saturated carbocycles. The molecule has 122 valence electrons. The second kappa shape index (κ2) is 7.49. The zero-order valence-corrected chi connectivity index (χ0v) is 15.3. The van der Waals surface area contributed by atoms with Gasteiger partial charge >= 0.3 is 0 Å². The predicted octanol–water partition coefficient (Wildman–Crippen LogP) is 3.99. The predicted molar refractivity (Wildman–Crippen MR) is 93.2 cm³/mol. The third-order valence-corrected chi connectivity index (χ3v) is 5.27. The van der Waals surface area contributed by atoms with Crippen LogP contribution in [0, 0.1) is 0 Å². The number of thioether (sulfide) groups is 1. The van der Waals surface area contributed by atoms with Crippen molar-refractivity contribution in [1.29, 1.82) is 0 Å². The highest BCUT2D eigenvalue weighted by Crippen LogP contribution is 2.25. The molecule has 0 N–H and O–H groups in total. The van der Waals surface area contributed by atoms with Gasteiger partial charge < -0.3 is 9.32 Å². The van der Waals surface area contributed by atoms with Crippen LogP contribution in [-0.2, 0) is 4.79 Å². The van der Waals surface area contributed by atoms with E-state index in [1.807, 2.05) is 29.2 Å². The van der Waals surface area contributed by atoms with Crippen molar-refractivity contribution < 1.29 is 9.21 Å². The molecule has 3 rings (SSSR count). The first-order valence-corrected chi connectivity index (χ1v) is 9.43. The molecule has 0 radical (unpaired) electrons. The molecule has 1 aliphatic heterocycles. The minimum absolute atomic E-state index is 0.144. The van der Waals surface area contributed by atoms with Gasteiger partial charge in [-0.3, -0.25) is 4.79 Å². The van der Waals surface area contributed by atoms with Crippen molar-refractivity contribution in [3.8, 4) is 11.5 Å². The van der Waals surface area contributed by atoms with Crippen molar-refractivity contribution in [2.75, 3.05) is 12.3 Å². The second-order valence-electron chi connectivity index (χ2n) is 5.60. The van der Waals surface area contributed by atoms with Crippen LogP contribution in [0.5, 0.6) is 0 Å². The van der Waals surface area contributed by atoms with Crippen molar-refractivity contribution in [1.82, 2.24) is 15.1 Å². The molecule has 0 bridgehead atoms. The highest BCUT2D eigenvalue weighted by atomic mass is 79.9. The largest absolute Gasteiger partial charge is 0.411 e. The van der Waals surface area contributed by atoms with E-state index < -0.39 is 0 Å². The van der Waals surface area contributed by atoms with E-state index in [1.165, 1.54) is 18.2 Å². The average Bonchev–Trinajstić information content (AvgIpc) is 3.03. The van der Waals surface area contributed by atoms with E-state index in [1.54, 1.807) is 0 Å². The monoisotopic (exact) mass is 395 g/mol. The molecule has 2 aromatic rings. The summed E-state index contributed by atoms with van der Waals surface area (Å²) < 4.78 is 6.63. The summed E-state index contributed by atoms with van der Waals surface area (Å²) in [6.07, 6.45) is 3.39. The van der Waals surface area contributed by atoms with Crippen molar-refractivity contribution in [3.05, 3.63) is 28.7 Å². The zero-order chi connectivity index (χ0) is 16.2. The van der Waals surface area contributed by atoms with Crippen LogP contribution in [0.25, 0.3) is 11.5 Å². The van der Waals surface area contributed by atoms with Gasteiger partial charge in [0.05, 0.1) is 5.75 Å². The maximum absolute atomic E-state index is 12.3. The Morgan fingerprint density at radius 2 is 2.13 bits per heavy atom. The summed E-state index contributed by atoms with van der Waals surface area (Å²) >= 11 is 4.70. The molecule has 0 spiro atoms. The van der Waals surface area contributed by atoms with E-state index in [4.69, 9.17) is 4.42 Å². The van der Waals surface area contributed by atoms with Crippen LogP contribution in [0.15, 0.2) is 38.4 Å². The van der Waals surface area contributed by atoms with Crippen LogP contribution < -0.4 is 0 Å². The van der Waals surface area contributed by atoms with Crippen LogP contribution >= 0.6 is 27.7 Å². The van der Waals surface area contributed by atoms with Gasteiger partial charge in [0.25, 0.3) is 5.22 Å². The molecule has 1 aliphatic rings. The molecule has 1 aromatic carbocycles. The summed E-state index contributed by atoms with van der Waals surface area (Å²) in [5.74, 6) is 0.955. The fourth-order valence-corrected chi connectivity index (χ4v) is 3.57. The molecule has 23 heavy (non-hydrogen) atoms. The lowest BCUT2D eigenvalue weighted by molar-refractivity contribution is -0.131.